The number of allylic oxidation sites excluding steroid dienone is 2. The van der Waals surface area contributed by atoms with E-state index in [0.29, 0.717) is 19.8 Å². The average molecular weight is 305 g/mol. The van der Waals surface area contributed by atoms with Gasteiger partial charge in [0.1, 0.15) is 0 Å². The van der Waals surface area contributed by atoms with Gasteiger partial charge in [-0.1, -0.05) is 6.92 Å². The van der Waals surface area contributed by atoms with Gasteiger partial charge in [0.25, 0.3) is 0 Å². The number of hydrogen-bond acceptors (Lipinski definition) is 4. The Kier molecular flexibility index (Phi) is 12.2. The summed E-state index contributed by atoms with van der Waals surface area (Å²) >= 11 is 0. The zero-order valence-corrected chi connectivity index (χ0v) is 14.9. The Labute approximate surface area is 125 Å². The van der Waals surface area contributed by atoms with Gasteiger partial charge < -0.3 is 18.0 Å². The van der Waals surface area contributed by atoms with E-state index in [1.165, 1.54) is 0 Å². The first-order valence-electron chi connectivity index (χ1n) is 7.85. The Balaban J connectivity index is 4.09. The molecular weight excluding hydrogens is 272 g/mol. The normalized spacial score (nSPS) is 12.8. The molecule has 120 valence electrons. The van der Waals surface area contributed by atoms with E-state index in [9.17, 15) is 0 Å². The van der Waals surface area contributed by atoms with E-state index >= 15 is 0 Å². The van der Waals surface area contributed by atoms with Crippen molar-refractivity contribution in [1.29, 1.82) is 0 Å². The maximum atomic E-state index is 5.82. The van der Waals surface area contributed by atoms with E-state index in [1.54, 1.807) is 0 Å². The standard InChI is InChI=1S/C15H32O4Si/c1-6-12-15(5)16-13-10-11-14-20(17-7-2,18-8-3)19-9-4/h12H,6-11,13-14H2,1-5H3. The SMILES string of the molecule is CCC=C(C)OCCCC[Si](OCC)(OCC)OCC. The van der Waals surface area contributed by atoms with Crippen molar-refractivity contribution in [2.24, 2.45) is 0 Å². The molecule has 0 spiro atoms. The van der Waals surface area contributed by atoms with Gasteiger partial charge in [-0.05, 0) is 53.0 Å². The second kappa shape index (κ2) is 12.4. The topological polar surface area (TPSA) is 36.9 Å². The van der Waals surface area contributed by atoms with Crippen LogP contribution in [0.3, 0.4) is 0 Å². The fourth-order valence-electron chi connectivity index (χ4n) is 2.02. The van der Waals surface area contributed by atoms with E-state index in [2.05, 4.69) is 13.0 Å². The molecule has 0 saturated heterocycles. The van der Waals surface area contributed by atoms with Gasteiger partial charge >= 0.3 is 8.80 Å². The van der Waals surface area contributed by atoms with E-state index < -0.39 is 8.80 Å². The molecule has 5 heteroatoms. The largest absolute Gasteiger partial charge is 0.500 e. The molecule has 0 aromatic rings. The Morgan fingerprint density at radius 3 is 1.90 bits per heavy atom. The lowest BCUT2D eigenvalue weighted by molar-refractivity contribution is 0.0701. The average Bonchev–Trinajstić information content (AvgIpc) is 2.39. The number of hydrogen-bond donors (Lipinski definition) is 0. The predicted octanol–water partition coefficient (Wildman–Crippen LogP) is 4.15. The molecule has 0 amide bonds. The fourth-order valence-corrected chi connectivity index (χ4v) is 4.71. The second-order valence-corrected chi connectivity index (χ2v) is 7.24. The molecule has 0 aliphatic heterocycles. The van der Waals surface area contributed by atoms with Crippen LogP contribution in [0.5, 0.6) is 0 Å². The van der Waals surface area contributed by atoms with Crippen molar-refractivity contribution < 1.29 is 18.0 Å². The van der Waals surface area contributed by atoms with Gasteiger partial charge in [-0.15, -0.1) is 0 Å². The number of ether oxygens (including phenoxy) is 1. The van der Waals surface area contributed by atoms with Crippen molar-refractivity contribution >= 4 is 8.80 Å². The monoisotopic (exact) mass is 304 g/mol. The number of unbranched alkanes of at least 4 members (excludes halogenated alkanes) is 1. The predicted molar refractivity (Wildman–Crippen MR) is 84.7 cm³/mol. The minimum atomic E-state index is -2.46. The molecule has 0 aromatic carbocycles. The third-order valence-corrected chi connectivity index (χ3v) is 5.94. The van der Waals surface area contributed by atoms with Crippen molar-refractivity contribution in [3.8, 4) is 0 Å². The van der Waals surface area contributed by atoms with Crippen LogP contribution in [0.15, 0.2) is 11.8 Å². The highest BCUT2D eigenvalue weighted by atomic mass is 28.4. The highest BCUT2D eigenvalue weighted by molar-refractivity contribution is 6.60. The van der Waals surface area contributed by atoms with Gasteiger partial charge in [0.2, 0.25) is 0 Å². The first kappa shape index (κ1) is 19.6. The van der Waals surface area contributed by atoms with Crippen molar-refractivity contribution in [2.75, 3.05) is 26.4 Å². The minimum Gasteiger partial charge on any atom is -0.499 e. The Morgan fingerprint density at radius 1 is 0.900 bits per heavy atom. The van der Waals surface area contributed by atoms with Gasteiger partial charge in [-0.25, -0.2) is 0 Å². The molecule has 0 heterocycles. The lowest BCUT2D eigenvalue weighted by atomic mass is 10.3. The van der Waals surface area contributed by atoms with Crippen LogP contribution in [0.4, 0.5) is 0 Å². The van der Waals surface area contributed by atoms with E-state index in [0.717, 1.165) is 37.7 Å². The minimum absolute atomic E-state index is 0.640. The zero-order valence-electron chi connectivity index (χ0n) is 13.9. The third kappa shape index (κ3) is 8.74. The van der Waals surface area contributed by atoms with Crippen LogP contribution < -0.4 is 0 Å². The van der Waals surface area contributed by atoms with Crippen molar-refractivity contribution in [2.45, 2.75) is 59.9 Å². The van der Waals surface area contributed by atoms with Crippen LogP contribution in [0.2, 0.25) is 6.04 Å². The van der Waals surface area contributed by atoms with Crippen molar-refractivity contribution in [1.82, 2.24) is 0 Å². The summed E-state index contributed by atoms with van der Waals surface area (Å²) in [6.45, 7) is 12.7. The second-order valence-electron chi connectivity index (χ2n) is 4.51. The first-order chi connectivity index (χ1) is 9.64. The molecule has 0 aliphatic carbocycles. The molecule has 0 bridgehead atoms. The summed E-state index contributed by atoms with van der Waals surface area (Å²) in [6.07, 6.45) is 5.11. The fraction of sp³-hybridized carbons (Fsp3) is 0.867. The summed E-state index contributed by atoms with van der Waals surface area (Å²) < 4.78 is 23.1. The Bertz CT molecular complexity index is 239. The molecule has 4 nitrogen and oxygen atoms in total. The molecule has 0 aromatic heterocycles. The van der Waals surface area contributed by atoms with Crippen LogP contribution in [-0.4, -0.2) is 35.2 Å². The van der Waals surface area contributed by atoms with Crippen LogP contribution in [-0.2, 0) is 18.0 Å². The Morgan fingerprint density at radius 2 is 1.45 bits per heavy atom. The molecule has 0 radical (unpaired) electrons. The molecule has 0 unspecified atom stereocenters. The number of rotatable bonds is 13. The molecule has 0 N–H and O–H groups in total. The van der Waals surface area contributed by atoms with Crippen molar-refractivity contribution in [3.05, 3.63) is 11.8 Å². The van der Waals surface area contributed by atoms with Crippen LogP contribution >= 0.6 is 0 Å². The van der Waals surface area contributed by atoms with E-state index in [-0.39, 0.29) is 0 Å². The third-order valence-electron chi connectivity index (χ3n) is 2.79. The molecule has 0 fully saturated rings. The molecule has 0 saturated carbocycles. The summed E-state index contributed by atoms with van der Waals surface area (Å²) in [5, 5.41) is 0. The smallest absolute Gasteiger partial charge is 0.499 e. The summed E-state index contributed by atoms with van der Waals surface area (Å²) in [6, 6.07) is 0.864. The summed E-state index contributed by atoms with van der Waals surface area (Å²) in [7, 11) is -2.46. The van der Waals surface area contributed by atoms with E-state index in [1.807, 2.05) is 27.7 Å². The molecule has 0 atom stereocenters. The molecular formula is C15H32O4Si. The van der Waals surface area contributed by atoms with Gasteiger partial charge in [-0.2, -0.15) is 0 Å². The quantitative estimate of drug-likeness (QED) is 0.291. The first-order valence-corrected chi connectivity index (χ1v) is 9.78. The maximum Gasteiger partial charge on any atom is 0.500 e. The maximum absolute atomic E-state index is 5.82. The van der Waals surface area contributed by atoms with Crippen LogP contribution in [0.1, 0.15) is 53.9 Å². The molecule has 0 aliphatic rings. The highest BCUT2D eigenvalue weighted by Gasteiger charge is 2.39. The van der Waals surface area contributed by atoms with Gasteiger partial charge in [0, 0.05) is 25.9 Å². The van der Waals surface area contributed by atoms with Gasteiger partial charge in [0.05, 0.1) is 12.4 Å². The van der Waals surface area contributed by atoms with E-state index in [4.69, 9.17) is 18.0 Å². The van der Waals surface area contributed by atoms with Crippen molar-refractivity contribution in [3.63, 3.8) is 0 Å². The summed E-state index contributed by atoms with van der Waals surface area (Å²) in [4.78, 5) is 0. The summed E-state index contributed by atoms with van der Waals surface area (Å²) in [5.74, 6) is 1.01. The summed E-state index contributed by atoms with van der Waals surface area (Å²) in [5.41, 5.74) is 0. The molecule has 0 rings (SSSR count). The highest BCUT2D eigenvalue weighted by Crippen LogP contribution is 2.19. The lowest BCUT2D eigenvalue weighted by Gasteiger charge is -2.28. The zero-order chi connectivity index (χ0) is 15.3. The molecule has 20 heavy (non-hydrogen) atoms. The lowest BCUT2D eigenvalue weighted by Crippen LogP contribution is -2.45. The Hall–Kier alpha value is -0.363. The van der Waals surface area contributed by atoms with Crippen LogP contribution in [0, 0.1) is 0 Å². The van der Waals surface area contributed by atoms with Gasteiger partial charge in [-0.3, -0.25) is 0 Å². The van der Waals surface area contributed by atoms with Crippen LogP contribution in [0.25, 0.3) is 0 Å². The van der Waals surface area contributed by atoms with Gasteiger partial charge in [0.15, 0.2) is 0 Å².